The predicted molar refractivity (Wildman–Crippen MR) is 116 cm³/mol. The van der Waals surface area contributed by atoms with E-state index in [1.807, 2.05) is 5.57 Å². The number of likely N-dealkylation sites (tertiary alicyclic amines) is 1. The second-order valence-corrected chi connectivity index (χ2v) is 10.7. The van der Waals surface area contributed by atoms with E-state index in [-0.39, 0.29) is 0 Å². The van der Waals surface area contributed by atoms with Crippen molar-refractivity contribution in [3.05, 3.63) is 37.0 Å². The summed E-state index contributed by atoms with van der Waals surface area (Å²) in [5, 5.41) is 0. The van der Waals surface area contributed by atoms with Gasteiger partial charge in [0, 0.05) is 24.5 Å². The van der Waals surface area contributed by atoms with Crippen LogP contribution in [0.15, 0.2) is 37.0 Å². The van der Waals surface area contributed by atoms with Crippen LogP contribution >= 0.6 is 0 Å². The lowest BCUT2D eigenvalue weighted by Gasteiger charge is -2.65. The fraction of sp³-hybridized carbons (Fsp3) is 0.769. The molecular formula is C26H41N. The van der Waals surface area contributed by atoms with Gasteiger partial charge in [0.1, 0.15) is 0 Å². The van der Waals surface area contributed by atoms with Gasteiger partial charge in [-0.3, -0.25) is 4.90 Å². The fourth-order valence-corrected chi connectivity index (χ4v) is 8.03. The molecular weight excluding hydrogens is 326 g/mol. The van der Waals surface area contributed by atoms with Crippen molar-refractivity contribution in [2.24, 2.45) is 52.8 Å². The highest BCUT2D eigenvalue weighted by Gasteiger charge is 2.70. The normalized spacial score (nSPS) is 53.4. The smallest absolute Gasteiger partial charge is 0.0138 e. The molecule has 1 spiro atoms. The van der Waals surface area contributed by atoms with Gasteiger partial charge in [0.15, 0.2) is 0 Å². The van der Waals surface area contributed by atoms with Crippen molar-refractivity contribution in [1.82, 2.24) is 4.90 Å². The Kier molecular flexibility index (Phi) is 4.78. The Morgan fingerprint density at radius 3 is 2.07 bits per heavy atom. The Bertz CT molecular complexity index is 645. The molecule has 0 aromatic rings. The lowest BCUT2D eigenvalue weighted by atomic mass is 9.38. The third-order valence-electron chi connectivity index (χ3n) is 9.93. The van der Waals surface area contributed by atoms with Crippen molar-refractivity contribution >= 4 is 0 Å². The molecule has 150 valence electrons. The molecule has 3 saturated carbocycles. The van der Waals surface area contributed by atoms with E-state index < -0.39 is 0 Å². The number of allylic oxidation sites excluding steroid dienone is 3. The minimum Gasteiger partial charge on any atom is -0.297 e. The maximum atomic E-state index is 4.25. The molecule has 1 saturated heterocycles. The summed E-state index contributed by atoms with van der Waals surface area (Å²) >= 11 is 0. The van der Waals surface area contributed by atoms with Gasteiger partial charge in [-0.05, 0) is 80.5 Å². The van der Waals surface area contributed by atoms with Crippen LogP contribution in [0.3, 0.4) is 0 Å². The Hall–Kier alpha value is -0.820. The van der Waals surface area contributed by atoms with E-state index in [4.69, 9.17) is 0 Å². The average molecular weight is 368 g/mol. The molecule has 1 aliphatic heterocycles. The first-order chi connectivity index (χ1) is 12.8. The molecule has 0 N–H and O–H groups in total. The molecule has 4 aliphatic rings. The van der Waals surface area contributed by atoms with E-state index in [0.29, 0.717) is 47.0 Å². The van der Waals surface area contributed by atoms with E-state index in [2.05, 4.69) is 77.8 Å². The summed E-state index contributed by atoms with van der Waals surface area (Å²) in [5.41, 5.74) is 2.44. The summed E-state index contributed by atoms with van der Waals surface area (Å²) in [5.74, 6) is 5.60. The number of nitrogens with zero attached hydrogens (tertiary/aromatic N) is 1. The summed E-state index contributed by atoms with van der Waals surface area (Å²) < 4.78 is 0. The maximum absolute atomic E-state index is 4.25. The lowest BCUT2D eigenvalue weighted by Crippen LogP contribution is -2.61. The van der Waals surface area contributed by atoms with Gasteiger partial charge in [0.2, 0.25) is 0 Å². The minimum absolute atomic E-state index is 0.605. The first kappa shape index (κ1) is 19.5. The molecule has 4 fully saturated rings. The van der Waals surface area contributed by atoms with Gasteiger partial charge in [-0.15, -0.1) is 13.2 Å². The Balaban J connectivity index is 1.65. The summed E-state index contributed by atoms with van der Waals surface area (Å²) in [4.78, 5) is 2.78. The minimum atomic E-state index is 0.605. The monoisotopic (exact) mass is 367 g/mol. The molecule has 3 aliphatic carbocycles. The van der Waals surface area contributed by atoms with Gasteiger partial charge in [-0.25, -0.2) is 0 Å². The topological polar surface area (TPSA) is 3.24 Å². The van der Waals surface area contributed by atoms with Crippen molar-refractivity contribution in [1.29, 1.82) is 0 Å². The van der Waals surface area contributed by atoms with Crippen LogP contribution in [-0.2, 0) is 0 Å². The number of hydrogen-bond acceptors (Lipinski definition) is 1. The number of hydrogen-bond donors (Lipinski definition) is 0. The third kappa shape index (κ3) is 2.39. The summed E-state index contributed by atoms with van der Waals surface area (Å²) in [6.07, 6.45) is 10.2. The molecule has 10 atom stereocenters. The van der Waals surface area contributed by atoms with Crippen LogP contribution < -0.4 is 0 Å². The molecule has 27 heavy (non-hydrogen) atoms. The van der Waals surface area contributed by atoms with Crippen LogP contribution in [0.5, 0.6) is 0 Å². The quantitative estimate of drug-likeness (QED) is 0.535. The molecule has 1 heterocycles. The maximum Gasteiger partial charge on any atom is 0.0138 e. The van der Waals surface area contributed by atoms with Crippen LogP contribution in [-0.4, -0.2) is 23.5 Å². The Morgan fingerprint density at radius 2 is 1.56 bits per heavy atom. The van der Waals surface area contributed by atoms with Crippen molar-refractivity contribution in [3.8, 4) is 0 Å². The highest BCUT2D eigenvalue weighted by atomic mass is 15.2. The molecule has 0 bridgehead atoms. The second-order valence-electron chi connectivity index (χ2n) is 10.7. The molecule has 0 amide bonds. The van der Waals surface area contributed by atoms with Gasteiger partial charge in [-0.2, -0.15) is 0 Å². The van der Waals surface area contributed by atoms with Crippen molar-refractivity contribution in [3.63, 3.8) is 0 Å². The summed E-state index contributed by atoms with van der Waals surface area (Å²) in [7, 11) is 0. The van der Waals surface area contributed by atoms with E-state index in [0.717, 1.165) is 17.9 Å². The largest absolute Gasteiger partial charge is 0.297 e. The molecule has 0 aromatic carbocycles. The first-order valence-electron chi connectivity index (χ1n) is 11.5. The van der Waals surface area contributed by atoms with Crippen molar-refractivity contribution < 1.29 is 0 Å². The predicted octanol–water partition coefficient (Wildman–Crippen LogP) is 6.19. The zero-order valence-corrected chi connectivity index (χ0v) is 18.5. The average Bonchev–Trinajstić information content (AvgIpc) is 2.91. The molecule has 0 aromatic heterocycles. The second kappa shape index (κ2) is 6.61. The fourth-order valence-electron chi connectivity index (χ4n) is 8.03. The van der Waals surface area contributed by atoms with Gasteiger partial charge in [0.25, 0.3) is 0 Å². The third-order valence-corrected chi connectivity index (χ3v) is 9.93. The van der Waals surface area contributed by atoms with Gasteiger partial charge in [0.05, 0.1) is 0 Å². The zero-order chi connectivity index (χ0) is 19.7. The molecule has 0 radical (unpaired) electrons. The zero-order valence-electron chi connectivity index (χ0n) is 18.5. The molecule has 10 unspecified atom stereocenters. The summed E-state index contributed by atoms with van der Waals surface area (Å²) in [6.45, 7) is 24.3. The SMILES string of the molecule is C=CC1C(C)C(C)C(C=C)C(/C=C2/C3CCC34C2CN(C(C)C)C4C)C1C. The van der Waals surface area contributed by atoms with Gasteiger partial charge in [-0.1, -0.05) is 44.6 Å². The van der Waals surface area contributed by atoms with Crippen LogP contribution in [0, 0.1) is 52.8 Å². The standard InChI is InChI=1S/C26H41N/c1-9-20-16(5)17(6)21(10-2)22(18(20)7)13-23-24-11-12-26(24)19(8)27(15(3)4)14-25(23)26/h9-10,13,15-22,24-25H,1-2,11-12,14H2,3-8H3/b23-13-. The van der Waals surface area contributed by atoms with Crippen molar-refractivity contribution in [2.75, 3.05) is 6.54 Å². The highest BCUT2D eigenvalue weighted by Crippen LogP contribution is 2.73. The van der Waals surface area contributed by atoms with Crippen molar-refractivity contribution in [2.45, 2.75) is 66.5 Å². The van der Waals surface area contributed by atoms with Crippen LogP contribution in [0.2, 0.25) is 0 Å². The molecule has 1 heteroatoms. The Morgan fingerprint density at radius 1 is 0.926 bits per heavy atom. The lowest BCUT2D eigenvalue weighted by molar-refractivity contribution is -0.0727. The first-order valence-corrected chi connectivity index (χ1v) is 11.5. The highest BCUT2D eigenvalue weighted by molar-refractivity contribution is 5.40. The van der Waals surface area contributed by atoms with E-state index in [1.54, 1.807) is 0 Å². The molecule has 4 rings (SSSR count). The van der Waals surface area contributed by atoms with Crippen LogP contribution in [0.1, 0.15) is 54.4 Å². The molecule has 1 nitrogen and oxygen atoms in total. The van der Waals surface area contributed by atoms with Gasteiger partial charge >= 0.3 is 0 Å². The van der Waals surface area contributed by atoms with Crippen LogP contribution in [0.25, 0.3) is 0 Å². The van der Waals surface area contributed by atoms with Gasteiger partial charge < -0.3 is 0 Å². The Labute approximate surface area is 168 Å². The van der Waals surface area contributed by atoms with Crippen LogP contribution in [0.4, 0.5) is 0 Å². The number of rotatable bonds is 4. The summed E-state index contributed by atoms with van der Waals surface area (Å²) in [6, 6.07) is 1.43. The van der Waals surface area contributed by atoms with E-state index in [9.17, 15) is 0 Å². The van der Waals surface area contributed by atoms with E-state index >= 15 is 0 Å². The van der Waals surface area contributed by atoms with E-state index in [1.165, 1.54) is 19.4 Å².